The van der Waals surface area contributed by atoms with Crippen LogP contribution >= 0.6 is 27.5 Å². The van der Waals surface area contributed by atoms with Crippen LogP contribution in [0.15, 0.2) is 45.8 Å². The van der Waals surface area contributed by atoms with Crippen LogP contribution in [0.3, 0.4) is 0 Å². The summed E-state index contributed by atoms with van der Waals surface area (Å²) in [6.07, 6.45) is 0.497. The highest BCUT2D eigenvalue weighted by Gasteiger charge is 2.15. The molecule has 4 nitrogen and oxygen atoms in total. The van der Waals surface area contributed by atoms with Gasteiger partial charge in [0.15, 0.2) is 0 Å². The van der Waals surface area contributed by atoms with Gasteiger partial charge in [0.05, 0.1) is 21.5 Å². The highest BCUT2D eigenvalue weighted by molar-refractivity contribution is 9.10. The second kappa shape index (κ2) is 7.61. The third kappa shape index (κ3) is 4.67. The summed E-state index contributed by atoms with van der Waals surface area (Å²) in [7, 11) is -2.16. The van der Waals surface area contributed by atoms with Crippen molar-refractivity contribution in [1.29, 1.82) is 0 Å². The van der Waals surface area contributed by atoms with E-state index in [0.717, 1.165) is 22.2 Å². The van der Waals surface area contributed by atoms with Gasteiger partial charge in [0.1, 0.15) is 11.6 Å². The number of methoxy groups -OCH3 is 1. The van der Waals surface area contributed by atoms with E-state index in [4.69, 9.17) is 16.3 Å². The third-order valence-electron chi connectivity index (χ3n) is 3.12. The molecule has 0 radical (unpaired) electrons. The van der Waals surface area contributed by atoms with Crippen molar-refractivity contribution in [2.24, 2.45) is 0 Å². The average molecular weight is 423 g/mol. The summed E-state index contributed by atoms with van der Waals surface area (Å²) < 4.78 is 45.8. The fraction of sp³-hybridized carbons (Fsp3) is 0.200. The molecule has 0 aromatic heterocycles. The number of hydrogen-bond donors (Lipinski definition) is 1. The Labute approximate surface area is 147 Å². The maximum atomic E-state index is 13.1. The standard InChI is InChI=1S/C15H14BrClFNO3S/c1-22-15-5-2-10(8-12(15)16)6-7-19-23(20,21)11-3-4-14(18)13(17)9-11/h2-5,8-9,19H,6-7H2,1H3. The molecule has 0 bridgehead atoms. The van der Waals surface area contributed by atoms with E-state index in [1.165, 1.54) is 6.07 Å². The van der Waals surface area contributed by atoms with Gasteiger partial charge in [-0.25, -0.2) is 17.5 Å². The Bertz CT molecular complexity index is 814. The largest absolute Gasteiger partial charge is 0.496 e. The molecule has 23 heavy (non-hydrogen) atoms. The molecule has 124 valence electrons. The van der Waals surface area contributed by atoms with Crippen molar-refractivity contribution in [3.63, 3.8) is 0 Å². The molecule has 0 spiro atoms. The minimum Gasteiger partial charge on any atom is -0.496 e. The number of hydrogen-bond acceptors (Lipinski definition) is 3. The van der Waals surface area contributed by atoms with Gasteiger partial charge in [0, 0.05) is 6.54 Å². The minimum absolute atomic E-state index is 0.0696. The van der Waals surface area contributed by atoms with Crippen molar-refractivity contribution in [1.82, 2.24) is 4.72 Å². The fourth-order valence-electron chi connectivity index (χ4n) is 1.92. The summed E-state index contributed by atoms with van der Waals surface area (Å²) in [6, 6.07) is 8.80. The minimum atomic E-state index is -3.73. The zero-order valence-corrected chi connectivity index (χ0v) is 15.3. The molecule has 0 saturated carbocycles. The summed E-state index contributed by atoms with van der Waals surface area (Å²) in [5, 5.41) is -0.230. The highest BCUT2D eigenvalue weighted by Crippen LogP contribution is 2.25. The first-order valence-corrected chi connectivity index (χ1v) is 9.26. The lowest BCUT2D eigenvalue weighted by Crippen LogP contribution is -2.26. The Morgan fingerprint density at radius 1 is 1.26 bits per heavy atom. The molecule has 0 unspecified atom stereocenters. The van der Waals surface area contributed by atoms with Gasteiger partial charge in [-0.2, -0.15) is 0 Å². The lowest BCUT2D eigenvalue weighted by Gasteiger charge is -2.09. The quantitative estimate of drug-likeness (QED) is 0.771. The van der Waals surface area contributed by atoms with Crippen LogP contribution in [0.5, 0.6) is 5.75 Å². The van der Waals surface area contributed by atoms with Crippen LogP contribution < -0.4 is 9.46 Å². The normalized spacial score (nSPS) is 11.5. The second-order valence-corrected chi connectivity index (χ2v) is 7.72. The molecule has 2 rings (SSSR count). The Morgan fingerprint density at radius 3 is 2.61 bits per heavy atom. The monoisotopic (exact) mass is 421 g/mol. The van der Waals surface area contributed by atoms with Gasteiger partial charge in [-0.3, -0.25) is 0 Å². The summed E-state index contributed by atoms with van der Waals surface area (Å²) >= 11 is 8.99. The summed E-state index contributed by atoms with van der Waals surface area (Å²) in [5.74, 6) is 0.0454. The number of sulfonamides is 1. The van der Waals surface area contributed by atoms with Crippen molar-refractivity contribution < 1.29 is 17.5 Å². The Hall–Kier alpha value is -1.15. The maximum absolute atomic E-state index is 13.1. The second-order valence-electron chi connectivity index (χ2n) is 4.69. The number of halogens is 3. The molecular weight excluding hydrogens is 409 g/mol. The van der Waals surface area contributed by atoms with Gasteiger partial charge in [-0.05, 0) is 58.2 Å². The van der Waals surface area contributed by atoms with Crippen LogP contribution in [0.2, 0.25) is 5.02 Å². The molecule has 0 amide bonds. The molecule has 0 aliphatic rings. The first-order chi connectivity index (χ1) is 10.8. The van der Waals surface area contributed by atoms with Crippen molar-refractivity contribution in [2.45, 2.75) is 11.3 Å². The van der Waals surface area contributed by atoms with E-state index in [2.05, 4.69) is 20.7 Å². The van der Waals surface area contributed by atoms with Crippen molar-refractivity contribution in [3.8, 4) is 5.75 Å². The predicted octanol–water partition coefficient (Wildman–Crippen LogP) is 3.77. The molecule has 1 N–H and O–H groups in total. The van der Waals surface area contributed by atoms with Gasteiger partial charge >= 0.3 is 0 Å². The van der Waals surface area contributed by atoms with Gasteiger partial charge < -0.3 is 4.74 Å². The van der Waals surface area contributed by atoms with Crippen LogP contribution in [0.4, 0.5) is 4.39 Å². The molecule has 0 aliphatic carbocycles. The number of nitrogens with one attached hydrogen (secondary N) is 1. The number of benzene rings is 2. The lowest BCUT2D eigenvalue weighted by molar-refractivity contribution is 0.412. The average Bonchev–Trinajstić information content (AvgIpc) is 2.50. The lowest BCUT2D eigenvalue weighted by atomic mass is 10.1. The van der Waals surface area contributed by atoms with Gasteiger partial charge in [-0.15, -0.1) is 0 Å². The first kappa shape index (κ1) is 18.2. The third-order valence-corrected chi connectivity index (χ3v) is 5.49. The predicted molar refractivity (Wildman–Crippen MR) is 91.0 cm³/mol. The van der Waals surface area contributed by atoms with E-state index in [-0.39, 0.29) is 16.5 Å². The maximum Gasteiger partial charge on any atom is 0.240 e. The van der Waals surface area contributed by atoms with Crippen molar-refractivity contribution >= 4 is 37.6 Å². The summed E-state index contributed by atoms with van der Waals surface area (Å²) in [5.41, 5.74) is 0.942. The Morgan fingerprint density at radius 2 is 2.00 bits per heavy atom. The van der Waals surface area contributed by atoms with Crippen molar-refractivity contribution in [2.75, 3.05) is 13.7 Å². The molecular formula is C15H14BrClFNO3S. The van der Waals surface area contributed by atoms with E-state index in [1.807, 2.05) is 12.1 Å². The zero-order chi connectivity index (χ0) is 17.0. The smallest absolute Gasteiger partial charge is 0.240 e. The molecule has 2 aromatic carbocycles. The van der Waals surface area contributed by atoms with Crippen LogP contribution in [-0.4, -0.2) is 22.1 Å². The molecule has 2 aromatic rings. The molecule has 0 aliphatic heterocycles. The Balaban J connectivity index is 2.02. The van der Waals surface area contributed by atoms with E-state index in [9.17, 15) is 12.8 Å². The van der Waals surface area contributed by atoms with Gasteiger partial charge in [-0.1, -0.05) is 17.7 Å². The molecule has 0 saturated heterocycles. The van der Waals surface area contributed by atoms with Gasteiger partial charge in [0.25, 0.3) is 0 Å². The van der Waals surface area contributed by atoms with E-state index in [1.54, 1.807) is 13.2 Å². The van der Waals surface area contributed by atoms with Crippen LogP contribution in [0.1, 0.15) is 5.56 Å². The topological polar surface area (TPSA) is 55.4 Å². The first-order valence-electron chi connectivity index (χ1n) is 6.60. The van der Waals surface area contributed by atoms with Crippen LogP contribution in [0, 0.1) is 5.82 Å². The number of rotatable bonds is 6. The fourth-order valence-corrected chi connectivity index (χ4v) is 3.81. The molecule has 8 heteroatoms. The molecule has 0 fully saturated rings. The van der Waals surface area contributed by atoms with Crippen molar-refractivity contribution in [3.05, 3.63) is 57.3 Å². The van der Waals surface area contributed by atoms with Crippen LogP contribution in [0.25, 0.3) is 0 Å². The summed E-state index contributed by atoms with van der Waals surface area (Å²) in [6.45, 7) is 0.204. The number of ether oxygens (including phenoxy) is 1. The zero-order valence-electron chi connectivity index (χ0n) is 12.1. The SMILES string of the molecule is COc1ccc(CCNS(=O)(=O)c2ccc(F)c(Cl)c2)cc1Br. The van der Waals surface area contributed by atoms with E-state index in [0.29, 0.717) is 12.2 Å². The highest BCUT2D eigenvalue weighted by atomic mass is 79.9. The Kier molecular flexibility index (Phi) is 6.02. The summed E-state index contributed by atoms with van der Waals surface area (Å²) in [4.78, 5) is -0.0696. The molecule has 0 atom stereocenters. The van der Waals surface area contributed by atoms with Gasteiger partial charge in [0.2, 0.25) is 10.0 Å². The van der Waals surface area contributed by atoms with E-state index >= 15 is 0 Å². The van der Waals surface area contributed by atoms with Crippen LogP contribution in [-0.2, 0) is 16.4 Å². The van der Waals surface area contributed by atoms with E-state index < -0.39 is 15.8 Å². The molecule has 0 heterocycles.